The van der Waals surface area contributed by atoms with Crippen LogP contribution in [0.15, 0.2) is 48.5 Å². The Hall–Kier alpha value is -2.80. The second-order valence-electron chi connectivity index (χ2n) is 5.39. The number of hydrogen-bond donors (Lipinski definition) is 0. The van der Waals surface area contributed by atoms with E-state index in [0.29, 0.717) is 13.3 Å². The Kier molecular flexibility index (Phi) is 3.47. The molecular formula is C16H17N7. The molecule has 4 aromatic rings. The monoisotopic (exact) mass is 307 g/mol. The third kappa shape index (κ3) is 2.78. The zero-order valence-corrected chi connectivity index (χ0v) is 12.9. The fourth-order valence-corrected chi connectivity index (χ4v) is 2.54. The first-order chi connectivity index (χ1) is 11.3. The first-order valence-electron chi connectivity index (χ1n) is 7.64. The molecule has 0 aliphatic carbocycles. The Labute approximate surface area is 133 Å². The molecule has 0 aliphatic heterocycles. The van der Waals surface area contributed by atoms with E-state index < -0.39 is 0 Å². The van der Waals surface area contributed by atoms with Crippen molar-refractivity contribution in [3.63, 3.8) is 0 Å². The molecule has 0 spiro atoms. The molecule has 0 atom stereocenters. The normalized spacial score (nSPS) is 11.7. The van der Waals surface area contributed by atoms with Crippen molar-refractivity contribution in [2.24, 2.45) is 0 Å². The number of fused-ring (bicyclic) bond motifs is 2. The van der Waals surface area contributed by atoms with Crippen LogP contribution < -0.4 is 0 Å². The average molecular weight is 307 g/mol. The van der Waals surface area contributed by atoms with E-state index in [9.17, 15) is 0 Å². The SMILES string of the molecule is CCN(Cn1nc2ccccc2n1)Cn1nc2ccccc2n1. The molecule has 2 heterocycles. The molecule has 0 fully saturated rings. The smallest absolute Gasteiger partial charge is 0.114 e. The second kappa shape index (κ2) is 5.77. The minimum atomic E-state index is 0.600. The fourth-order valence-electron chi connectivity index (χ4n) is 2.54. The van der Waals surface area contributed by atoms with Gasteiger partial charge in [-0.25, -0.2) is 0 Å². The van der Waals surface area contributed by atoms with Gasteiger partial charge in [-0.05, 0) is 30.8 Å². The summed E-state index contributed by atoms with van der Waals surface area (Å²) in [5.74, 6) is 0. The van der Waals surface area contributed by atoms with Crippen LogP contribution in [0.3, 0.4) is 0 Å². The number of benzene rings is 2. The Bertz CT molecular complexity index is 798. The molecule has 116 valence electrons. The van der Waals surface area contributed by atoms with Gasteiger partial charge < -0.3 is 0 Å². The summed E-state index contributed by atoms with van der Waals surface area (Å²) in [6.07, 6.45) is 0. The maximum atomic E-state index is 4.50. The molecule has 7 nitrogen and oxygen atoms in total. The number of nitrogens with zero attached hydrogens (tertiary/aromatic N) is 7. The first kappa shape index (κ1) is 13.8. The summed E-state index contributed by atoms with van der Waals surface area (Å²) in [5.41, 5.74) is 3.64. The number of hydrogen-bond acceptors (Lipinski definition) is 5. The third-order valence-corrected chi connectivity index (χ3v) is 3.76. The summed E-state index contributed by atoms with van der Waals surface area (Å²) < 4.78 is 0. The highest BCUT2D eigenvalue weighted by molar-refractivity contribution is 5.73. The summed E-state index contributed by atoms with van der Waals surface area (Å²) in [5, 5.41) is 18.0. The molecule has 2 aromatic heterocycles. The summed E-state index contributed by atoms with van der Waals surface area (Å²) in [6, 6.07) is 15.8. The summed E-state index contributed by atoms with van der Waals surface area (Å²) in [4.78, 5) is 5.62. The van der Waals surface area contributed by atoms with Crippen LogP contribution in [0, 0.1) is 0 Å². The molecule has 0 unspecified atom stereocenters. The molecule has 0 bridgehead atoms. The lowest BCUT2D eigenvalue weighted by Gasteiger charge is -2.18. The maximum absolute atomic E-state index is 4.50. The number of rotatable bonds is 5. The maximum Gasteiger partial charge on any atom is 0.114 e. The molecular weight excluding hydrogens is 290 g/mol. The Morgan fingerprint density at radius 2 is 1.04 bits per heavy atom. The second-order valence-corrected chi connectivity index (χ2v) is 5.39. The molecule has 0 aliphatic rings. The predicted molar refractivity (Wildman–Crippen MR) is 87.4 cm³/mol. The molecule has 0 amide bonds. The molecule has 2 aromatic carbocycles. The van der Waals surface area contributed by atoms with Crippen LogP contribution in [0.25, 0.3) is 22.1 Å². The third-order valence-electron chi connectivity index (χ3n) is 3.76. The van der Waals surface area contributed by atoms with Crippen LogP contribution in [0.1, 0.15) is 6.92 Å². The van der Waals surface area contributed by atoms with Crippen molar-refractivity contribution in [1.29, 1.82) is 0 Å². The molecule has 4 rings (SSSR count). The van der Waals surface area contributed by atoms with Crippen molar-refractivity contribution < 1.29 is 0 Å². The van der Waals surface area contributed by atoms with Crippen molar-refractivity contribution >= 4 is 22.1 Å². The highest BCUT2D eigenvalue weighted by Gasteiger charge is 2.09. The van der Waals surface area contributed by atoms with Crippen LogP contribution in [-0.4, -0.2) is 41.4 Å². The highest BCUT2D eigenvalue weighted by Crippen LogP contribution is 2.09. The van der Waals surface area contributed by atoms with E-state index >= 15 is 0 Å². The van der Waals surface area contributed by atoms with E-state index in [-0.39, 0.29) is 0 Å². The van der Waals surface area contributed by atoms with Gasteiger partial charge >= 0.3 is 0 Å². The Balaban J connectivity index is 1.53. The summed E-state index contributed by atoms with van der Waals surface area (Å²) in [7, 11) is 0. The zero-order chi connectivity index (χ0) is 15.6. The lowest BCUT2D eigenvalue weighted by molar-refractivity contribution is 0.143. The van der Waals surface area contributed by atoms with E-state index in [0.717, 1.165) is 28.6 Å². The van der Waals surface area contributed by atoms with Crippen LogP contribution in [-0.2, 0) is 13.3 Å². The van der Waals surface area contributed by atoms with Crippen molar-refractivity contribution in [2.45, 2.75) is 20.3 Å². The average Bonchev–Trinajstić information content (AvgIpc) is 3.16. The highest BCUT2D eigenvalue weighted by atomic mass is 15.6. The quantitative estimate of drug-likeness (QED) is 0.565. The number of aromatic nitrogens is 6. The van der Waals surface area contributed by atoms with Crippen molar-refractivity contribution in [3.05, 3.63) is 48.5 Å². The first-order valence-corrected chi connectivity index (χ1v) is 7.64. The zero-order valence-electron chi connectivity index (χ0n) is 12.9. The van der Waals surface area contributed by atoms with E-state index in [4.69, 9.17) is 0 Å². The lowest BCUT2D eigenvalue weighted by Crippen LogP contribution is -2.30. The van der Waals surface area contributed by atoms with Gasteiger partial charge in [0.05, 0.1) is 0 Å². The van der Waals surface area contributed by atoms with Gasteiger partial charge in [-0.2, -0.15) is 30.0 Å². The van der Waals surface area contributed by atoms with Gasteiger partial charge in [0.1, 0.15) is 35.4 Å². The van der Waals surface area contributed by atoms with E-state index in [1.54, 1.807) is 9.59 Å². The van der Waals surface area contributed by atoms with E-state index in [1.807, 2.05) is 48.5 Å². The van der Waals surface area contributed by atoms with Crippen LogP contribution in [0.4, 0.5) is 0 Å². The van der Waals surface area contributed by atoms with E-state index in [2.05, 4.69) is 32.2 Å². The van der Waals surface area contributed by atoms with Gasteiger partial charge in [-0.15, -0.1) is 0 Å². The fraction of sp³-hybridized carbons (Fsp3) is 0.250. The van der Waals surface area contributed by atoms with Gasteiger partial charge in [-0.3, -0.25) is 4.90 Å². The topological polar surface area (TPSA) is 64.7 Å². The van der Waals surface area contributed by atoms with Gasteiger partial charge in [0.15, 0.2) is 0 Å². The van der Waals surface area contributed by atoms with Gasteiger partial charge in [0.25, 0.3) is 0 Å². The molecule has 0 radical (unpaired) electrons. The Morgan fingerprint density at radius 1 is 0.696 bits per heavy atom. The minimum Gasteiger partial charge on any atom is -0.262 e. The van der Waals surface area contributed by atoms with Crippen molar-refractivity contribution in [1.82, 2.24) is 34.9 Å². The van der Waals surface area contributed by atoms with Crippen LogP contribution >= 0.6 is 0 Å². The van der Waals surface area contributed by atoms with Crippen LogP contribution in [0.2, 0.25) is 0 Å². The van der Waals surface area contributed by atoms with Crippen LogP contribution in [0.5, 0.6) is 0 Å². The largest absolute Gasteiger partial charge is 0.262 e. The van der Waals surface area contributed by atoms with Gasteiger partial charge in [-0.1, -0.05) is 31.2 Å². The molecule has 0 N–H and O–H groups in total. The predicted octanol–water partition coefficient (Wildman–Crippen LogP) is 2.11. The lowest BCUT2D eigenvalue weighted by atomic mass is 10.3. The van der Waals surface area contributed by atoms with Gasteiger partial charge in [0.2, 0.25) is 0 Å². The summed E-state index contributed by atoms with van der Waals surface area (Å²) in [6.45, 7) is 4.16. The Morgan fingerprint density at radius 3 is 1.35 bits per heavy atom. The standard InChI is InChI=1S/C16H17N7/c1-2-21(11-22-17-13-7-3-4-8-14(13)18-22)12-23-19-15-9-5-6-10-16(15)20-23/h3-10H,2,11-12H2,1H3. The minimum absolute atomic E-state index is 0.600. The molecule has 0 saturated heterocycles. The molecule has 7 heteroatoms. The van der Waals surface area contributed by atoms with Crippen molar-refractivity contribution in [2.75, 3.05) is 6.54 Å². The molecule has 0 saturated carbocycles. The molecule has 23 heavy (non-hydrogen) atoms. The van der Waals surface area contributed by atoms with Gasteiger partial charge in [0, 0.05) is 0 Å². The summed E-state index contributed by atoms with van der Waals surface area (Å²) >= 11 is 0. The van der Waals surface area contributed by atoms with Crippen molar-refractivity contribution in [3.8, 4) is 0 Å². The van der Waals surface area contributed by atoms with E-state index in [1.165, 1.54) is 0 Å².